The van der Waals surface area contributed by atoms with E-state index < -0.39 is 5.97 Å². The zero-order valence-electron chi connectivity index (χ0n) is 17.9. The maximum absolute atomic E-state index is 13.2. The fourth-order valence-electron chi connectivity index (χ4n) is 4.29. The molecule has 0 N–H and O–H groups in total. The minimum absolute atomic E-state index is 0.111. The lowest BCUT2D eigenvalue weighted by Crippen LogP contribution is -2.41. The number of ether oxygens (including phenoxy) is 3. The average Bonchev–Trinajstić information content (AvgIpc) is 2.80. The number of hydrogen-bond acceptors (Lipinski definition) is 5. The van der Waals surface area contributed by atoms with Gasteiger partial charge in [0.05, 0.1) is 20.8 Å². The van der Waals surface area contributed by atoms with E-state index in [1.54, 1.807) is 21.1 Å². The van der Waals surface area contributed by atoms with Gasteiger partial charge in [-0.1, -0.05) is 30.3 Å². The summed E-state index contributed by atoms with van der Waals surface area (Å²) in [5.74, 6) is 0.588. The van der Waals surface area contributed by atoms with Crippen LogP contribution in [0, 0.1) is 0 Å². The molecule has 1 amide bonds. The third-order valence-electron chi connectivity index (χ3n) is 5.67. The Morgan fingerprint density at radius 1 is 1.06 bits per heavy atom. The van der Waals surface area contributed by atoms with E-state index in [0.29, 0.717) is 11.5 Å². The van der Waals surface area contributed by atoms with Crippen LogP contribution < -0.4 is 14.4 Å². The van der Waals surface area contributed by atoms with Gasteiger partial charge in [0, 0.05) is 23.6 Å². The fraction of sp³-hybridized carbons (Fsp3) is 0.280. The third-order valence-corrected chi connectivity index (χ3v) is 5.67. The Kier molecular flexibility index (Phi) is 5.80. The summed E-state index contributed by atoms with van der Waals surface area (Å²) in [4.78, 5) is 27.0. The summed E-state index contributed by atoms with van der Waals surface area (Å²) >= 11 is 0. The topological polar surface area (TPSA) is 65.1 Å². The standard InChI is InChI=1S/C25H25NO5/c1-4-31-24(28)15-26-21-11-9-16-7-5-6-8-18(16)25(21)20(14-23(26)27)19-13-17(29-2)10-12-22(19)30-3/h5-13,20H,4,14-15H2,1-3H3. The van der Waals surface area contributed by atoms with Crippen molar-refractivity contribution < 1.29 is 23.8 Å². The maximum atomic E-state index is 13.2. The molecule has 1 aliphatic heterocycles. The summed E-state index contributed by atoms with van der Waals surface area (Å²) in [6, 6.07) is 17.6. The first-order valence-electron chi connectivity index (χ1n) is 10.3. The number of fused-ring (bicyclic) bond motifs is 3. The van der Waals surface area contributed by atoms with Gasteiger partial charge in [-0.15, -0.1) is 0 Å². The molecule has 0 bridgehead atoms. The molecule has 6 nitrogen and oxygen atoms in total. The molecule has 1 aliphatic rings. The second-order valence-corrected chi connectivity index (χ2v) is 7.37. The minimum Gasteiger partial charge on any atom is -0.497 e. The van der Waals surface area contributed by atoms with Crippen LogP contribution in [0.3, 0.4) is 0 Å². The van der Waals surface area contributed by atoms with Crippen LogP contribution in [0.25, 0.3) is 10.8 Å². The van der Waals surface area contributed by atoms with Crippen LogP contribution >= 0.6 is 0 Å². The zero-order valence-corrected chi connectivity index (χ0v) is 17.9. The smallest absolute Gasteiger partial charge is 0.326 e. The van der Waals surface area contributed by atoms with Crippen molar-refractivity contribution in [2.75, 3.05) is 32.3 Å². The number of rotatable bonds is 6. The summed E-state index contributed by atoms with van der Waals surface area (Å²) < 4.78 is 16.2. The molecule has 0 saturated heterocycles. The number of carbonyl (C=O) groups excluding carboxylic acids is 2. The number of nitrogens with zero attached hydrogens (tertiary/aromatic N) is 1. The van der Waals surface area contributed by atoms with Crippen LogP contribution in [0.2, 0.25) is 0 Å². The SMILES string of the molecule is CCOC(=O)CN1C(=O)CC(c2cc(OC)ccc2OC)c2c1ccc1ccccc21. The van der Waals surface area contributed by atoms with Gasteiger partial charge < -0.3 is 19.1 Å². The van der Waals surface area contributed by atoms with Crippen molar-refractivity contribution in [2.45, 2.75) is 19.3 Å². The largest absolute Gasteiger partial charge is 0.497 e. The van der Waals surface area contributed by atoms with Gasteiger partial charge in [-0.05, 0) is 47.5 Å². The molecule has 160 valence electrons. The van der Waals surface area contributed by atoms with Gasteiger partial charge >= 0.3 is 5.97 Å². The summed E-state index contributed by atoms with van der Waals surface area (Å²) in [7, 11) is 3.23. The second-order valence-electron chi connectivity index (χ2n) is 7.37. The van der Waals surface area contributed by atoms with E-state index in [1.165, 1.54) is 4.90 Å². The van der Waals surface area contributed by atoms with Crippen molar-refractivity contribution in [1.82, 2.24) is 0 Å². The van der Waals surface area contributed by atoms with Gasteiger partial charge in [-0.3, -0.25) is 9.59 Å². The minimum atomic E-state index is -0.424. The zero-order chi connectivity index (χ0) is 22.0. The summed E-state index contributed by atoms with van der Waals surface area (Å²) in [6.45, 7) is 1.91. The van der Waals surface area contributed by atoms with E-state index in [-0.39, 0.29) is 31.4 Å². The molecule has 3 aromatic carbocycles. The molecule has 0 saturated carbocycles. The lowest BCUT2D eigenvalue weighted by atomic mass is 9.80. The number of carbonyl (C=O) groups is 2. The molecule has 0 spiro atoms. The molecule has 3 aromatic rings. The maximum Gasteiger partial charge on any atom is 0.326 e. The van der Waals surface area contributed by atoms with E-state index in [0.717, 1.165) is 27.6 Å². The Morgan fingerprint density at radius 3 is 2.61 bits per heavy atom. The van der Waals surface area contributed by atoms with E-state index in [1.807, 2.05) is 54.6 Å². The van der Waals surface area contributed by atoms with E-state index in [2.05, 4.69) is 0 Å². The molecular weight excluding hydrogens is 394 g/mol. The van der Waals surface area contributed by atoms with Crippen LogP contribution in [0.1, 0.15) is 30.4 Å². The van der Waals surface area contributed by atoms with Gasteiger partial charge in [0.25, 0.3) is 0 Å². The number of methoxy groups -OCH3 is 2. The van der Waals surface area contributed by atoms with Gasteiger partial charge in [0.15, 0.2) is 0 Å². The molecule has 0 aliphatic carbocycles. The van der Waals surface area contributed by atoms with Gasteiger partial charge in [-0.2, -0.15) is 0 Å². The Balaban J connectivity index is 1.93. The van der Waals surface area contributed by atoms with Crippen molar-refractivity contribution in [3.8, 4) is 11.5 Å². The predicted molar refractivity (Wildman–Crippen MR) is 119 cm³/mol. The van der Waals surface area contributed by atoms with Crippen LogP contribution in [-0.2, 0) is 14.3 Å². The molecule has 1 atom stereocenters. The van der Waals surface area contributed by atoms with Gasteiger partial charge in [0.2, 0.25) is 5.91 Å². The van der Waals surface area contributed by atoms with E-state index in [4.69, 9.17) is 14.2 Å². The molecule has 0 radical (unpaired) electrons. The van der Waals surface area contributed by atoms with Gasteiger partial charge in [0.1, 0.15) is 18.0 Å². The van der Waals surface area contributed by atoms with Crippen molar-refractivity contribution in [1.29, 1.82) is 0 Å². The number of amides is 1. The highest BCUT2D eigenvalue weighted by atomic mass is 16.5. The Morgan fingerprint density at radius 2 is 1.87 bits per heavy atom. The number of benzene rings is 3. The highest BCUT2D eigenvalue weighted by Gasteiger charge is 2.36. The fourth-order valence-corrected chi connectivity index (χ4v) is 4.29. The first kappa shape index (κ1) is 20.7. The molecule has 6 heteroatoms. The quantitative estimate of drug-likeness (QED) is 0.558. The van der Waals surface area contributed by atoms with Crippen molar-refractivity contribution >= 4 is 28.3 Å². The Labute approximate surface area is 181 Å². The van der Waals surface area contributed by atoms with Crippen LogP contribution in [-0.4, -0.2) is 39.2 Å². The monoisotopic (exact) mass is 419 g/mol. The summed E-state index contributed by atoms with van der Waals surface area (Å²) in [5.41, 5.74) is 2.59. The summed E-state index contributed by atoms with van der Waals surface area (Å²) in [5, 5.41) is 2.11. The Bertz CT molecular complexity index is 1140. The lowest BCUT2D eigenvalue weighted by Gasteiger charge is -2.35. The molecule has 0 aromatic heterocycles. The molecule has 0 fully saturated rings. The predicted octanol–water partition coefficient (Wildman–Crippen LogP) is 4.29. The normalized spacial score (nSPS) is 15.5. The molecule has 1 heterocycles. The van der Waals surface area contributed by atoms with Crippen LogP contribution in [0.4, 0.5) is 5.69 Å². The van der Waals surface area contributed by atoms with E-state index >= 15 is 0 Å². The lowest BCUT2D eigenvalue weighted by molar-refractivity contribution is -0.142. The van der Waals surface area contributed by atoms with Crippen molar-refractivity contribution in [2.24, 2.45) is 0 Å². The van der Waals surface area contributed by atoms with Crippen LogP contribution in [0.5, 0.6) is 11.5 Å². The molecule has 4 rings (SSSR count). The molecular formula is C25H25NO5. The number of hydrogen-bond donors (Lipinski definition) is 0. The highest BCUT2D eigenvalue weighted by molar-refractivity contribution is 6.05. The van der Waals surface area contributed by atoms with Crippen LogP contribution in [0.15, 0.2) is 54.6 Å². The first-order valence-corrected chi connectivity index (χ1v) is 10.3. The van der Waals surface area contributed by atoms with Gasteiger partial charge in [-0.25, -0.2) is 0 Å². The molecule has 1 unspecified atom stereocenters. The number of anilines is 1. The highest BCUT2D eigenvalue weighted by Crippen LogP contribution is 2.46. The van der Waals surface area contributed by atoms with Crippen molar-refractivity contribution in [3.63, 3.8) is 0 Å². The molecule has 31 heavy (non-hydrogen) atoms. The number of esters is 1. The van der Waals surface area contributed by atoms with Crippen molar-refractivity contribution in [3.05, 3.63) is 65.7 Å². The van der Waals surface area contributed by atoms with E-state index in [9.17, 15) is 9.59 Å². The Hall–Kier alpha value is -3.54. The second kappa shape index (κ2) is 8.68. The average molecular weight is 419 g/mol. The third kappa shape index (κ3) is 3.81. The summed E-state index contributed by atoms with van der Waals surface area (Å²) in [6.07, 6.45) is 0.212. The first-order chi connectivity index (χ1) is 15.1.